The molecule has 5 heteroatoms. The summed E-state index contributed by atoms with van der Waals surface area (Å²) in [5, 5.41) is 5.18. The number of thiophene rings is 1. The Balaban J connectivity index is 1.48. The van der Waals surface area contributed by atoms with Crippen molar-refractivity contribution in [3.05, 3.63) is 46.7 Å². The van der Waals surface area contributed by atoms with Gasteiger partial charge in [-0.1, -0.05) is 18.2 Å². The number of morpholine rings is 1. The fourth-order valence-corrected chi connectivity index (χ4v) is 3.66. The van der Waals surface area contributed by atoms with Gasteiger partial charge >= 0.3 is 0 Å². The van der Waals surface area contributed by atoms with Gasteiger partial charge in [0.2, 0.25) is 5.91 Å². The average Bonchev–Trinajstić information content (AvgIpc) is 3.13. The zero-order valence-corrected chi connectivity index (χ0v) is 14.7. The van der Waals surface area contributed by atoms with E-state index >= 15 is 0 Å². The van der Waals surface area contributed by atoms with Crippen LogP contribution in [0.2, 0.25) is 0 Å². The first-order valence-corrected chi connectivity index (χ1v) is 9.45. The summed E-state index contributed by atoms with van der Waals surface area (Å²) in [4.78, 5) is 15.9. The van der Waals surface area contributed by atoms with Gasteiger partial charge in [0.1, 0.15) is 0 Å². The number of nitrogens with one attached hydrogen (secondary N) is 1. The Hall–Kier alpha value is -1.85. The highest BCUT2D eigenvalue weighted by Gasteiger charge is 2.15. The van der Waals surface area contributed by atoms with Crippen LogP contribution in [0.3, 0.4) is 0 Å². The van der Waals surface area contributed by atoms with Crippen LogP contribution in [-0.2, 0) is 16.0 Å². The topological polar surface area (TPSA) is 41.6 Å². The second kappa shape index (κ2) is 8.85. The molecule has 1 saturated heterocycles. The van der Waals surface area contributed by atoms with E-state index in [2.05, 4.69) is 33.8 Å². The number of aryl methyl sites for hydroxylation is 1. The molecule has 1 fully saturated rings. The standard InChI is InChI=1S/C19H24N2O2S/c22-19(10-4-1-6-16-7-5-15-24-16)20-17-8-2-3-9-18(17)21-11-13-23-14-12-21/h2-3,5,7-9,15H,1,4,6,10-14H2,(H,20,22). The molecule has 4 nitrogen and oxygen atoms in total. The van der Waals surface area contributed by atoms with E-state index in [9.17, 15) is 4.79 Å². The molecule has 0 unspecified atom stereocenters. The van der Waals surface area contributed by atoms with Gasteiger partial charge in [-0.2, -0.15) is 0 Å². The molecule has 0 radical (unpaired) electrons. The number of hydrogen-bond donors (Lipinski definition) is 1. The monoisotopic (exact) mass is 344 g/mol. The molecule has 1 aliphatic rings. The highest BCUT2D eigenvalue weighted by molar-refractivity contribution is 7.09. The number of ether oxygens (including phenoxy) is 1. The van der Waals surface area contributed by atoms with Crippen molar-refractivity contribution in [2.24, 2.45) is 0 Å². The van der Waals surface area contributed by atoms with Gasteiger partial charge in [0, 0.05) is 24.4 Å². The first-order valence-electron chi connectivity index (χ1n) is 8.57. The number of benzene rings is 1. The summed E-state index contributed by atoms with van der Waals surface area (Å²) >= 11 is 1.79. The molecular formula is C19H24N2O2S. The summed E-state index contributed by atoms with van der Waals surface area (Å²) in [5.41, 5.74) is 2.00. The van der Waals surface area contributed by atoms with Crippen molar-refractivity contribution in [2.75, 3.05) is 36.5 Å². The lowest BCUT2D eigenvalue weighted by atomic mass is 10.1. The maximum atomic E-state index is 12.3. The zero-order chi connectivity index (χ0) is 16.6. The quantitative estimate of drug-likeness (QED) is 0.774. The van der Waals surface area contributed by atoms with Crippen molar-refractivity contribution in [1.29, 1.82) is 0 Å². The minimum absolute atomic E-state index is 0.0990. The van der Waals surface area contributed by atoms with E-state index in [1.54, 1.807) is 11.3 Å². The summed E-state index contributed by atoms with van der Waals surface area (Å²) in [6.07, 6.45) is 3.61. The fourth-order valence-electron chi connectivity index (χ4n) is 2.91. The van der Waals surface area contributed by atoms with Crippen LogP contribution in [0.15, 0.2) is 41.8 Å². The first-order chi connectivity index (χ1) is 11.8. The van der Waals surface area contributed by atoms with Crippen LogP contribution < -0.4 is 10.2 Å². The molecule has 0 saturated carbocycles. The third-order valence-electron chi connectivity index (χ3n) is 4.19. The van der Waals surface area contributed by atoms with Gasteiger partial charge in [0.25, 0.3) is 0 Å². The number of unbranched alkanes of at least 4 members (excludes halogenated alkanes) is 1. The van der Waals surface area contributed by atoms with E-state index in [1.165, 1.54) is 4.88 Å². The fraction of sp³-hybridized carbons (Fsp3) is 0.421. The molecule has 1 aliphatic heterocycles. The number of carbonyl (C=O) groups excluding carboxylic acids is 1. The van der Waals surface area contributed by atoms with Crippen molar-refractivity contribution in [1.82, 2.24) is 0 Å². The molecule has 1 amide bonds. The zero-order valence-electron chi connectivity index (χ0n) is 13.9. The molecule has 0 bridgehead atoms. The van der Waals surface area contributed by atoms with Gasteiger partial charge in [-0.05, 0) is 42.8 Å². The SMILES string of the molecule is O=C(CCCCc1cccs1)Nc1ccccc1N1CCOCC1. The van der Waals surface area contributed by atoms with Gasteiger partial charge < -0.3 is 15.0 Å². The van der Waals surface area contributed by atoms with E-state index in [-0.39, 0.29) is 5.91 Å². The smallest absolute Gasteiger partial charge is 0.224 e. The molecule has 1 aromatic heterocycles. The Morgan fingerprint density at radius 2 is 1.96 bits per heavy atom. The highest BCUT2D eigenvalue weighted by atomic mass is 32.1. The maximum absolute atomic E-state index is 12.3. The third kappa shape index (κ3) is 4.82. The van der Waals surface area contributed by atoms with Crippen LogP contribution in [-0.4, -0.2) is 32.2 Å². The molecular weight excluding hydrogens is 320 g/mol. The summed E-state index contributed by atoms with van der Waals surface area (Å²) in [6.45, 7) is 3.22. The molecule has 24 heavy (non-hydrogen) atoms. The molecule has 2 heterocycles. The van der Waals surface area contributed by atoms with Gasteiger partial charge in [-0.25, -0.2) is 0 Å². The Morgan fingerprint density at radius 3 is 2.75 bits per heavy atom. The number of carbonyl (C=O) groups is 1. The van der Waals surface area contributed by atoms with Crippen molar-refractivity contribution in [3.8, 4) is 0 Å². The normalized spacial score (nSPS) is 14.6. The largest absolute Gasteiger partial charge is 0.378 e. The Bertz CT molecular complexity index is 637. The van der Waals surface area contributed by atoms with Crippen molar-refractivity contribution >= 4 is 28.6 Å². The summed E-state index contributed by atoms with van der Waals surface area (Å²) < 4.78 is 5.41. The van der Waals surface area contributed by atoms with E-state index < -0.39 is 0 Å². The van der Waals surface area contributed by atoms with E-state index in [1.807, 2.05) is 18.2 Å². The summed E-state index contributed by atoms with van der Waals surface area (Å²) in [5.74, 6) is 0.0990. The lowest BCUT2D eigenvalue weighted by Gasteiger charge is -2.30. The molecule has 128 valence electrons. The molecule has 3 rings (SSSR count). The minimum atomic E-state index is 0.0990. The molecule has 0 atom stereocenters. The number of nitrogens with zero attached hydrogens (tertiary/aromatic N) is 1. The predicted molar refractivity (Wildman–Crippen MR) is 100.0 cm³/mol. The van der Waals surface area contributed by atoms with E-state index in [0.717, 1.165) is 56.9 Å². The number of para-hydroxylation sites is 2. The predicted octanol–water partition coefficient (Wildman–Crippen LogP) is 3.94. The summed E-state index contributed by atoms with van der Waals surface area (Å²) in [6, 6.07) is 12.3. The van der Waals surface area contributed by atoms with Gasteiger partial charge in [0.15, 0.2) is 0 Å². The second-order valence-corrected chi connectivity index (χ2v) is 6.98. The van der Waals surface area contributed by atoms with Crippen LogP contribution in [0.5, 0.6) is 0 Å². The van der Waals surface area contributed by atoms with E-state index in [4.69, 9.17) is 4.74 Å². The van der Waals surface area contributed by atoms with Crippen LogP contribution in [0.25, 0.3) is 0 Å². The first kappa shape index (κ1) is 17.0. The minimum Gasteiger partial charge on any atom is -0.378 e. The number of rotatable bonds is 7. The Labute approximate surface area is 147 Å². The molecule has 1 aromatic carbocycles. The van der Waals surface area contributed by atoms with Crippen molar-refractivity contribution in [2.45, 2.75) is 25.7 Å². The van der Waals surface area contributed by atoms with Crippen LogP contribution in [0.4, 0.5) is 11.4 Å². The lowest BCUT2D eigenvalue weighted by molar-refractivity contribution is -0.116. The molecule has 0 aliphatic carbocycles. The summed E-state index contributed by atoms with van der Waals surface area (Å²) in [7, 11) is 0. The number of amides is 1. The highest BCUT2D eigenvalue weighted by Crippen LogP contribution is 2.26. The molecule has 0 spiro atoms. The number of anilines is 2. The molecule has 2 aromatic rings. The average molecular weight is 344 g/mol. The maximum Gasteiger partial charge on any atom is 0.224 e. The van der Waals surface area contributed by atoms with E-state index in [0.29, 0.717) is 6.42 Å². The Kier molecular flexibility index (Phi) is 6.26. The second-order valence-electron chi connectivity index (χ2n) is 5.95. The van der Waals surface area contributed by atoms with Gasteiger partial charge in [-0.3, -0.25) is 4.79 Å². The van der Waals surface area contributed by atoms with Crippen LogP contribution in [0, 0.1) is 0 Å². The van der Waals surface area contributed by atoms with Crippen LogP contribution in [0.1, 0.15) is 24.1 Å². The van der Waals surface area contributed by atoms with Crippen molar-refractivity contribution < 1.29 is 9.53 Å². The third-order valence-corrected chi connectivity index (χ3v) is 5.12. The van der Waals surface area contributed by atoms with Gasteiger partial charge in [-0.15, -0.1) is 11.3 Å². The molecule has 1 N–H and O–H groups in total. The van der Waals surface area contributed by atoms with Gasteiger partial charge in [0.05, 0.1) is 24.6 Å². The number of hydrogen-bond acceptors (Lipinski definition) is 4. The lowest BCUT2D eigenvalue weighted by Crippen LogP contribution is -2.36. The van der Waals surface area contributed by atoms with Crippen LogP contribution >= 0.6 is 11.3 Å². The Morgan fingerprint density at radius 1 is 1.12 bits per heavy atom. The van der Waals surface area contributed by atoms with Crippen molar-refractivity contribution in [3.63, 3.8) is 0 Å².